The molecule has 0 amide bonds. The summed E-state index contributed by atoms with van der Waals surface area (Å²) >= 11 is 0. The fourth-order valence-electron chi connectivity index (χ4n) is 1.86. The summed E-state index contributed by atoms with van der Waals surface area (Å²) in [5.74, 6) is 1.25. The summed E-state index contributed by atoms with van der Waals surface area (Å²) in [6.07, 6.45) is 0.301. The summed E-state index contributed by atoms with van der Waals surface area (Å²) < 4.78 is 5.57. The molecule has 2 heteroatoms. The van der Waals surface area contributed by atoms with Crippen LogP contribution in [0.1, 0.15) is 52.7 Å². The van der Waals surface area contributed by atoms with Crippen LogP contribution >= 0.6 is 0 Å². The summed E-state index contributed by atoms with van der Waals surface area (Å²) in [5.41, 5.74) is 1.11. The zero-order valence-electron chi connectivity index (χ0n) is 12.2. The van der Waals surface area contributed by atoms with Gasteiger partial charge in [-0.1, -0.05) is 45.9 Å². The number of benzene rings is 1. The van der Waals surface area contributed by atoms with Crippen molar-refractivity contribution in [3.63, 3.8) is 0 Å². The molecule has 102 valence electrons. The van der Waals surface area contributed by atoms with Gasteiger partial charge in [0.2, 0.25) is 0 Å². The molecule has 1 rings (SSSR count). The first-order valence-electron chi connectivity index (χ1n) is 6.76. The number of aliphatic hydroxyl groups is 1. The van der Waals surface area contributed by atoms with Gasteiger partial charge in [0.25, 0.3) is 0 Å². The summed E-state index contributed by atoms with van der Waals surface area (Å²) in [6, 6.07) is 7.76. The van der Waals surface area contributed by atoms with Gasteiger partial charge in [0.15, 0.2) is 0 Å². The molecular weight excluding hydrogens is 224 g/mol. The van der Waals surface area contributed by atoms with Crippen molar-refractivity contribution in [1.29, 1.82) is 0 Å². The van der Waals surface area contributed by atoms with Gasteiger partial charge in [0, 0.05) is 5.56 Å². The molecule has 0 aliphatic heterocycles. The number of hydrogen-bond acceptors (Lipinski definition) is 2. The van der Waals surface area contributed by atoms with Crippen molar-refractivity contribution in [1.82, 2.24) is 0 Å². The third-order valence-corrected chi connectivity index (χ3v) is 3.63. The van der Waals surface area contributed by atoms with Crippen molar-refractivity contribution >= 4 is 0 Å². The Morgan fingerprint density at radius 1 is 1.22 bits per heavy atom. The van der Waals surface area contributed by atoms with E-state index in [1.54, 1.807) is 0 Å². The third-order valence-electron chi connectivity index (χ3n) is 3.63. The average Bonchev–Trinajstić information content (AvgIpc) is 2.28. The molecule has 1 aromatic rings. The van der Waals surface area contributed by atoms with E-state index in [0.717, 1.165) is 17.7 Å². The van der Waals surface area contributed by atoms with Gasteiger partial charge in [0.1, 0.15) is 5.75 Å². The Kier molecular flexibility index (Phi) is 5.21. The molecule has 0 heterocycles. The number of aliphatic hydroxyl groups excluding tert-OH is 1. The van der Waals surface area contributed by atoms with Crippen LogP contribution in [0.3, 0.4) is 0 Å². The van der Waals surface area contributed by atoms with Crippen molar-refractivity contribution in [3.05, 3.63) is 29.8 Å². The fraction of sp³-hybridized carbons (Fsp3) is 0.625. The predicted octanol–water partition coefficient (Wildman–Crippen LogP) is 4.19. The van der Waals surface area contributed by atoms with Crippen molar-refractivity contribution in [3.8, 4) is 5.75 Å². The van der Waals surface area contributed by atoms with E-state index in [2.05, 4.69) is 27.7 Å². The van der Waals surface area contributed by atoms with E-state index in [-0.39, 0.29) is 5.41 Å². The van der Waals surface area contributed by atoms with Crippen molar-refractivity contribution < 1.29 is 9.84 Å². The Balaban J connectivity index is 2.81. The lowest BCUT2D eigenvalue weighted by atomic mass is 9.78. The van der Waals surface area contributed by atoms with Crippen molar-refractivity contribution in [2.75, 3.05) is 6.61 Å². The number of ether oxygens (including phenoxy) is 1. The Bertz CT molecular complexity index is 366. The molecule has 0 radical (unpaired) electrons. The first kappa shape index (κ1) is 15.0. The lowest BCUT2D eigenvalue weighted by Crippen LogP contribution is -2.20. The molecule has 0 aliphatic carbocycles. The van der Waals surface area contributed by atoms with Crippen LogP contribution in [-0.4, -0.2) is 11.7 Å². The maximum Gasteiger partial charge on any atom is 0.125 e. The van der Waals surface area contributed by atoms with Gasteiger partial charge in [-0.2, -0.15) is 0 Å². The van der Waals surface area contributed by atoms with Gasteiger partial charge in [0.05, 0.1) is 12.7 Å². The quantitative estimate of drug-likeness (QED) is 0.849. The van der Waals surface area contributed by atoms with E-state index >= 15 is 0 Å². The largest absolute Gasteiger partial charge is 0.493 e. The van der Waals surface area contributed by atoms with Gasteiger partial charge in [-0.25, -0.2) is 0 Å². The smallest absolute Gasteiger partial charge is 0.125 e. The van der Waals surface area contributed by atoms with Crippen LogP contribution in [0.2, 0.25) is 0 Å². The molecule has 0 bridgehead atoms. The van der Waals surface area contributed by atoms with Crippen LogP contribution in [0.5, 0.6) is 5.75 Å². The minimum atomic E-state index is -0.457. The van der Waals surface area contributed by atoms with E-state index in [4.69, 9.17) is 4.74 Å². The zero-order chi connectivity index (χ0) is 13.8. The molecule has 1 aromatic carbocycles. The average molecular weight is 250 g/mol. The van der Waals surface area contributed by atoms with Gasteiger partial charge >= 0.3 is 0 Å². The highest BCUT2D eigenvalue weighted by molar-refractivity contribution is 5.35. The molecular formula is C16H26O2. The molecule has 2 unspecified atom stereocenters. The molecule has 18 heavy (non-hydrogen) atoms. The van der Waals surface area contributed by atoms with Crippen LogP contribution in [0.25, 0.3) is 0 Å². The lowest BCUT2D eigenvalue weighted by Gasteiger charge is -2.29. The van der Waals surface area contributed by atoms with E-state index in [1.165, 1.54) is 0 Å². The first-order valence-corrected chi connectivity index (χ1v) is 6.76. The maximum atomic E-state index is 10.4. The second-order valence-electron chi connectivity index (χ2n) is 5.99. The molecule has 0 aliphatic rings. The van der Waals surface area contributed by atoms with Crippen molar-refractivity contribution in [2.45, 2.75) is 47.1 Å². The summed E-state index contributed by atoms with van der Waals surface area (Å²) in [5, 5.41) is 10.4. The second-order valence-corrected chi connectivity index (χ2v) is 5.99. The molecule has 0 aromatic heterocycles. The monoisotopic (exact) mass is 250 g/mol. The molecule has 0 fully saturated rings. The van der Waals surface area contributed by atoms with Gasteiger partial charge < -0.3 is 9.84 Å². The SMILES string of the molecule is CCOc1ccccc1C(O)CC(C)C(C)(C)C. The van der Waals surface area contributed by atoms with Crippen molar-refractivity contribution in [2.24, 2.45) is 11.3 Å². The Labute approximate surface area is 111 Å². The highest BCUT2D eigenvalue weighted by Crippen LogP contribution is 2.35. The number of hydrogen-bond donors (Lipinski definition) is 1. The van der Waals surface area contributed by atoms with Gasteiger partial charge in [-0.15, -0.1) is 0 Å². The van der Waals surface area contributed by atoms with E-state index < -0.39 is 6.10 Å². The zero-order valence-corrected chi connectivity index (χ0v) is 12.2. The topological polar surface area (TPSA) is 29.5 Å². The molecule has 2 nitrogen and oxygen atoms in total. The van der Waals surface area contributed by atoms with Crippen LogP contribution in [0, 0.1) is 11.3 Å². The highest BCUT2D eigenvalue weighted by Gasteiger charge is 2.24. The molecule has 2 atom stereocenters. The molecule has 0 saturated heterocycles. The second kappa shape index (κ2) is 6.24. The molecule has 0 spiro atoms. The van der Waals surface area contributed by atoms with E-state index in [1.807, 2.05) is 31.2 Å². The Morgan fingerprint density at radius 3 is 2.39 bits per heavy atom. The number of rotatable bonds is 5. The van der Waals surface area contributed by atoms with Crippen LogP contribution in [0.4, 0.5) is 0 Å². The number of para-hydroxylation sites is 1. The van der Waals surface area contributed by atoms with Crippen LogP contribution < -0.4 is 4.74 Å². The summed E-state index contributed by atoms with van der Waals surface area (Å²) in [4.78, 5) is 0. The van der Waals surface area contributed by atoms with Gasteiger partial charge in [-0.05, 0) is 30.7 Å². The standard InChI is InChI=1S/C16H26O2/c1-6-18-15-10-8-7-9-13(15)14(17)11-12(2)16(3,4)5/h7-10,12,14,17H,6,11H2,1-5H3. The lowest BCUT2D eigenvalue weighted by molar-refractivity contribution is 0.108. The highest BCUT2D eigenvalue weighted by atomic mass is 16.5. The summed E-state index contributed by atoms with van der Waals surface area (Å²) in [6.45, 7) is 11.4. The van der Waals surface area contributed by atoms with E-state index in [0.29, 0.717) is 12.5 Å². The van der Waals surface area contributed by atoms with Crippen LogP contribution in [0.15, 0.2) is 24.3 Å². The van der Waals surface area contributed by atoms with Crippen LogP contribution in [-0.2, 0) is 0 Å². The first-order chi connectivity index (χ1) is 8.36. The normalized spacial score (nSPS) is 15.2. The van der Waals surface area contributed by atoms with Gasteiger partial charge in [-0.3, -0.25) is 0 Å². The third kappa shape index (κ3) is 4.02. The molecule has 0 saturated carbocycles. The molecule has 1 N–H and O–H groups in total. The Hall–Kier alpha value is -1.02. The Morgan fingerprint density at radius 2 is 1.83 bits per heavy atom. The minimum absolute atomic E-state index is 0.210. The van der Waals surface area contributed by atoms with E-state index in [9.17, 15) is 5.11 Å². The fourth-order valence-corrected chi connectivity index (χ4v) is 1.86. The maximum absolute atomic E-state index is 10.4. The summed E-state index contributed by atoms with van der Waals surface area (Å²) in [7, 11) is 0. The predicted molar refractivity (Wildman–Crippen MR) is 75.8 cm³/mol. The minimum Gasteiger partial charge on any atom is -0.493 e.